The number of nitrogens with one attached hydrogen (secondary N) is 1. The summed E-state index contributed by atoms with van der Waals surface area (Å²) >= 11 is 0. The van der Waals surface area contributed by atoms with Gasteiger partial charge in [0.2, 0.25) is 0 Å². The highest BCUT2D eigenvalue weighted by Crippen LogP contribution is 2.26. The normalized spacial score (nSPS) is 13.6. The summed E-state index contributed by atoms with van der Waals surface area (Å²) in [6.07, 6.45) is 2.78. The summed E-state index contributed by atoms with van der Waals surface area (Å²) in [5.41, 5.74) is 5.37. The molecular formula is C15H26N2O. The third-order valence-corrected chi connectivity index (χ3v) is 4.12. The minimum absolute atomic E-state index is 0.124. The number of aryl methyl sites for hydroxylation is 1. The highest BCUT2D eigenvalue weighted by molar-refractivity contribution is 5.27. The second kappa shape index (κ2) is 6.88. The van der Waals surface area contributed by atoms with Crippen LogP contribution in [0.2, 0.25) is 0 Å². The number of benzene rings is 1. The van der Waals surface area contributed by atoms with Crippen LogP contribution < -0.4 is 11.3 Å². The number of rotatable bonds is 7. The Labute approximate surface area is 111 Å². The van der Waals surface area contributed by atoms with Gasteiger partial charge < -0.3 is 4.74 Å². The predicted octanol–water partition coefficient (Wildman–Crippen LogP) is 2.57. The van der Waals surface area contributed by atoms with E-state index in [1.807, 2.05) is 0 Å². The van der Waals surface area contributed by atoms with Crippen molar-refractivity contribution in [2.24, 2.45) is 5.84 Å². The second-order valence-corrected chi connectivity index (χ2v) is 4.83. The lowest BCUT2D eigenvalue weighted by Crippen LogP contribution is -2.55. The Balaban J connectivity index is 2.94. The monoisotopic (exact) mass is 250 g/mol. The molecule has 0 bridgehead atoms. The smallest absolute Gasteiger partial charge is 0.0842 e. The van der Waals surface area contributed by atoms with E-state index in [9.17, 15) is 0 Å². The van der Waals surface area contributed by atoms with Crippen molar-refractivity contribution in [2.75, 3.05) is 7.11 Å². The quantitative estimate of drug-likeness (QED) is 0.577. The molecule has 0 saturated carbocycles. The Morgan fingerprint density at radius 3 is 2.33 bits per heavy atom. The summed E-state index contributed by atoms with van der Waals surface area (Å²) in [5, 5.41) is 0. The van der Waals surface area contributed by atoms with Crippen LogP contribution in [0, 0.1) is 6.92 Å². The third-order valence-electron chi connectivity index (χ3n) is 4.12. The minimum atomic E-state index is -0.197. The van der Waals surface area contributed by atoms with Crippen molar-refractivity contribution in [3.8, 4) is 0 Å². The summed E-state index contributed by atoms with van der Waals surface area (Å²) in [6, 6.07) is 8.55. The Morgan fingerprint density at radius 1 is 1.28 bits per heavy atom. The summed E-state index contributed by atoms with van der Waals surface area (Å²) in [4.78, 5) is 0. The van der Waals surface area contributed by atoms with E-state index in [0.717, 1.165) is 19.3 Å². The first-order valence-corrected chi connectivity index (χ1v) is 6.69. The summed E-state index contributed by atoms with van der Waals surface area (Å²) < 4.78 is 5.76. The molecule has 0 amide bonds. The molecule has 0 fully saturated rings. The molecule has 1 atom stereocenters. The third kappa shape index (κ3) is 3.10. The SMILES string of the molecule is CCC(CC)(OC)C(Cc1ccccc1C)NN. The largest absolute Gasteiger partial charge is 0.377 e. The van der Waals surface area contributed by atoms with Crippen molar-refractivity contribution < 1.29 is 4.74 Å². The molecule has 1 aromatic carbocycles. The highest BCUT2D eigenvalue weighted by Gasteiger charge is 2.35. The van der Waals surface area contributed by atoms with Crippen LogP contribution in [0.1, 0.15) is 37.8 Å². The van der Waals surface area contributed by atoms with Crippen molar-refractivity contribution in [1.29, 1.82) is 0 Å². The van der Waals surface area contributed by atoms with Crippen molar-refractivity contribution in [1.82, 2.24) is 5.43 Å². The zero-order valence-corrected chi connectivity index (χ0v) is 12.0. The molecule has 1 aromatic rings. The average Bonchev–Trinajstić information content (AvgIpc) is 2.42. The number of hydrogen-bond acceptors (Lipinski definition) is 3. The lowest BCUT2D eigenvalue weighted by Gasteiger charge is -2.38. The summed E-state index contributed by atoms with van der Waals surface area (Å²) in [7, 11) is 1.77. The molecule has 1 unspecified atom stereocenters. The van der Waals surface area contributed by atoms with Gasteiger partial charge in [-0.1, -0.05) is 38.1 Å². The number of ether oxygens (including phenoxy) is 1. The standard InChI is InChI=1S/C15H26N2O/c1-5-15(6-2,18-4)14(17-16)11-13-10-8-7-9-12(13)3/h7-10,14,17H,5-6,11,16H2,1-4H3. The van der Waals surface area contributed by atoms with E-state index < -0.39 is 0 Å². The molecule has 3 nitrogen and oxygen atoms in total. The van der Waals surface area contributed by atoms with Crippen LogP contribution in [0.15, 0.2) is 24.3 Å². The Morgan fingerprint density at radius 2 is 1.89 bits per heavy atom. The molecule has 3 N–H and O–H groups in total. The van der Waals surface area contributed by atoms with E-state index in [4.69, 9.17) is 10.6 Å². The van der Waals surface area contributed by atoms with Gasteiger partial charge in [-0.3, -0.25) is 11.3 Å². The van der Waals surface area contributed by atoms with Crippen LogP contribution in [0.4, 0.5) is 0 Å². The van der Waals surface area contributed by atoms with Gasteiger partial charge in [0.05, 0.1) is 11.6 Å². The zero-order chi connectivity index (χ0) is 13.6. The molecule has 3 heteroatoms. The molecule has 0 aliphatic rings. The van der Waals surface area contributed by atoms with Gasteiger partial charge >= 0.3 is 0 Å². The van der Waals surface area contributed by atoms with Crippen LogP contribution in [0.3, 0.4) is 0 Å². The fourth-order valence-corrected chi connectivity index (χ4v) is 2.63. The first-order valence-electron chi connectivity index (χ1n) is 6.69. The Bertz CT molecular complexity index is 353. The fourth-order valence-electron chi connectivity index (χ4n) is 2.63. The van der Waals surface area contributed by atoms with E-state index in [-0.39, 0.29) is 11.6 Å². The number of hydrogen-bond donors (Lipinski definition) is 2. The average molecular weight is 250 g/mol. The van der Waals surface area contributed by atoms with Gasteiger partial charge in [0.1, 0.15) is 0 Å². The molecule has 0 radical (unpaired) electrons. The summed E-state index contributed by atoms with van der Waals surface area (Å²) in [6.45, 7) is 6.43. The lowest BCUT2D eigenvalue weighted by atomic mass is 9.84. The molecule has 0 spiro atoms. The van der Waals surface area contributed by atoms with Gasteiger partial charge in [-0.05, 0) is 37.3 Å². The zero-order valence-electron chi connectivity index (χ0n) is 12.0. The van der Waals surface area contributed by atoms with Crippen LogP contribution in [-0.4, -0.2) is 18.8 Å². The van der Waals surface area contributed by atoms with Crippen LogP contribution in [-0.2, 0) is 11.2 Å². The minimum Gasteiger partial charge on any atom is -0.377 e. The van der Waals surface area contributed by atoms with E-state index in [0.29, 0.717) is 0 Å². The van der Waals surface area contributed by atoms with Crippen LogP contribution in [0.25, 0.3) is 0 Å². The van der Waals surface area contributed by atoms with Crippen LogP contribution >= 0.6 is 0 Å². The maximum Gasteiger partial charge on any atom is 0.0842 e. The molecule has 0 aliphatic carbocycles. The maximum absolute atomic E-state index is 5.76. The molecule has 0 heterocycles. The van der Waals surface area contributed by atoms with Gasteiger partial charge in [0.25, 0.3) is 0 Å². The summed E-state index contributed by atoms with van der Waals surface area (Å²) in [5.74, 6) is 5.75. The highest BCUT2D eigenvalue weighted by atomic mass is 16.5. The Hall–Kier alpha value is -0.900. The first kappa shape index (κ1) is 15.2. The van der Waals surface area contributed by atoms with Gasteiger partial charge in [-0.2, -0.15) is 0 Å². The molecule has 102 valence electrons. The predicted molar refractivity (Wildman–Crippen MR) is 76.3 cm³/mol. The topological polar surface area (TPSA) is 47.3 Å². The second-order valence-electron chi connectivity index (χ2n) is 4.83. The lowest BCUT2D eigenvalue weighted by molar-refractivity contribution is -0.0473. The molecule has 0 aliphatic heterocycles. The molecular weight excluding hydrogens is 224 g/mol. The number of hydrazine groups is 1. The maximum atomic E-state index is 5.76. The van der Waals surface area contributed by atoms with Crippen molar-refractivity contribution in [3.05, 3.63) is 35.4 Å². The molecule has 18 heavy (non-hydrogen) atoms. The van der Waals surface area contributed by atoms with E-state index in [2.05, 4.69) is 50.5 Å². The number of methoxy groups -OCH3 is 1. The van der Waals surface area contributed by atoms with Gasteiger partial charge in [-0.15, -0.1) is 0 Å². The fraction of sp³-hybridized carbons (Fsp3) is 0.600. The first-order chi connectivity index (χ1) is 8.63. The van der Waals surface area contributed by atoms with E-state index in [1.165, 1.54) is 11.1 Å². The molecule has 0 saturated heterocycles. The van der Waals surface area contributed by atoms with Gasteiger partial charge in [0, 0.05) is 7.11 Å². The molecule has 0 aromatic heterocycles. The van der Waals surface area contributed by atoms with Crippen LogP contribution in [0.5, 0.6) is 0 Å². The Kier molecular flexibility index (Phi) is 5.79. The molecule has 1 rings (SSSR count). The van der Waals surface area contributed by atoms with Gasteiger partial charge in [-0.25, -0.2) is 0 Å². The number of nitrogens with two attached hydrogens (primary N) is 1. The van der Waals surface area contributed by atoms with E-state index in [1.54, 1.807) is 7.11 Å². The van der Waals surface area contributed by atoms with E-state index >= 15 is 0 Å². The van der Waals surface area contributed by atoms with Crippen molar-refractivity contribution in [2.45, 2.75) is 51.7 Å². The van der Waals surface area contributed by atoms with Gasteiger partial charge in [0.15, 0.2) is 0 Å². The van der Waals surface area contributed by atoms with Crippen molar-refractivity contribution in [3.63, 3.8) is 0 Å². The van der Waals surface area contributed by atoms with Crippen molar-refractivity contribution >= 4 is 0 Å².